The Hall–Kier alpha value is -3.09. The van der Waals surface area contributed by atoms with Gasteiger partial charge in [0.15, 0.2) is 0 Å². The second kappa shape index (κ2) is 6.35. The van der Waals surface area contributed by atoms with Crippen LogP contribution in [0, 0.1) is 0 Å². The van der Waals surface area contributed by atoms with Gasteiger partial charge in [0, 0.05) is 5.56 Å². The van der Waals surface area contributed by atoms with E-state index >= 15 is 0 Å². The van der Waals surface area contributed by atoms with Crippen LogP contribution in [-0.4, -0.2) is 23.1 Å². The zero-order valence-corrected chi connectivity index (χ0v) is 12.8. The summed E-state index contributed by atoms with van der Waals surface area (Å²) in [6.45, 7) is 2.18. The highest BCUT2D eigenvalue weighted by atomic mass is 16.6. The molecule has 7 nitrogen and oxygen atoms in total. The van der Waals surface area contributed by atoms with Gasteiger partial charge >= 0.3 is 0 Å². The fourth-order valence-electron chi connectivity index (χ4n) is 2.11. The molecule has 1 heterocycles. The second-order valence-electron chi connectivity index (χ2n) is 4.99. The minimum atomic E-state index is 0.326. The maximum absolute atomic E-state index is 5.80. The number of hydrogen-bond acceptors (Lipinski definition) is 7. The molecule has 0 aliphatic carbocycles. The number of nitrogens with two attached hydrogens (primary N) is 1. The van der Waals surface area contributed by atoms with Crippen LogP contribution in [0.1, 0.15) is 18.1 Å². The van der Waals surface area contributed by atoms with Crippen LogP contribution >= 0.6 is 0 Å². The van der Waals surface area contributed by atoms with E-state index < -0.39 is 0 Å². The van der Waals surface area contributed by atoms with Crippen LogP contribution in [0.2, 0.25) is 0 Å². The van der Waals surface area contributed by atoms with Crippen molar-refractivity contribution in [2.24, 2.45) is 5.16 Å². The van der Waals surface area contributed by atoms with E-state index in [1.54, 1.807) is 13.2 Å². The minimum absolute atomic E-state index is 0.326. The fourth-order valence-corrected chi connectivity index (χ4v) is 2.11. The Bertz CT molecular complexity index is 857. The highest BCUT2D eigenvalue weighted by molar-refractivity contribution is 5.99. The van der Waals surface area contributed by atoms with Gasteiger partial charge in [-0.15, -0.1) is 0 Å². The molecule has 2 aromatic carbocycles. The average Bonchev–Trinajstić information content (AvgIpc) is 3.03. The summed E-state index contributed by atoms with van der Waals surface area (Å²) >= 11 is 0. The topological polar surface area (TPSA) is 95.8 Å². The number of methoxy groups -OCH3 is 1. The molecule has 3 aromatic rings. The number of nitrogen functional groups attached to an aromatic ring is 1. The van der Waals surface area contributed by atoms with Gasteiger partial charge in [-0.1, -0.05) is 17.3 Å². The number of ether oxygens (including phenoxy) is 1. The van der Waals surface area contributed by atoms with Crippen LogP contribution in [0.3, 0.4) is 0 Å². The Labute approximate surface area is 132 Å². The van der Waals surface area contributed by atoms with E-state index in [0.717, 1.165) is 16.8 Å². The Kier molecular flexibility index (Phi) is 4.09. The van der Waals surface area contributed by atoms with Gasteiger partial charge in [-0.05, 0) is 47.1 Å². The van der Waals surface area contributed by atoms with Gasteiger partial charge in [0.25, 0.3) is 0 Å². The number of rotatable bonds is 5. The molecule has 1 aromatic heterocycles. The van der Waals surface area contributed by atoms with Crippen molar-refractivity contribution < 1.29 is 14.2 Å². The molecule has 3 rings (SSSR count). The quantitative estimate of drug-likeness (QED) is 0.442. The van der Waals surface area contributed by atoms with Crippen LogP contribution in [0.15, 0.2) is 46.2 Å². The number of fused-ring (bicyclic) bond motifs is 1. The van der Waals surface area contributed by atoms with Crippen LogP contribution in [0.4, 0.5) is 5.69 Å². The largest absolute Gasteiger partial charge is 0.495 e. The molecule has 23 heavy (non-hydrogen) atoms. The smallest absolute Gasteiger partial charge is 0.142 e. The third kappa shape index (κ3) is 3.23. The molecule has 0 radical (unpaired) electrons. The molecule has 7 heteroatoms. The van der Waals surface area contributed by atoms with Crippen molar-refractivity contribution in [3.63, 3.8) is 0 Å². The fraction of sp³-hybridized carbons (Fsp3) is 0.188. The number of aromatic nitrogens is 2. The van der Waals surface area contributed by atoms with Crippen LogP contribution in [0.5, 0.6) is 5.75 Å². The zero-order chi connectivity index (χ0) is 16.2. The van der Waals surface area contributed by atoms with E-state index in [2.05, 4.69) is 20.1 Å². The predicted molar refractivity (Wildman–Crippen MR) is 86.2 cm³/mol. The van der Waals surface area contributed by atoms with E-state index in [-0.39, 0.29) is 0 Å². The third-order valence-electron chi connectivity index (χ3n) is 3.40. The molecule has 0 unspecified atom stereocenters. The Morgan fingerprint density at radius 3 is 2.83 bits per heavy atom. The summed E-state index contributed by atoms with van der Waals surface area (Å²) in [6.07, 6.45) is 0. The third-order valence-corrected chi connectivity index (χ3v) is 3.40. The van der Waals surface area contributed by atoms with E-state index in [4.69, 9.17) is 15.3 Å². The summed E-state index contributed by atoms with van der Waals surface area (Å²) in [5.74, 6) is 0.612. The minimum Gasteiger partial charge on any atom is -0.495 e. The van der Waals surface area contributed by atoms with Gasteiger partial charge in [0.2, 0.25) is 0 Å². The van der Waals surface area contributed by atoms with E-state index in [0.29, 0.717) is 29.1 Å². The molecule has 0 saturated carbocycles. The van der Waals surface area contributed by atoms with Crippen LogP contribution in [0.25, 0.3) is 11.0 Å². The summed E-state index contributed by atoms with van der Waals surface area (Å²) in [7, 11) is 1.58. The maximum Gasteiger partial charge on any atom is 0.142 e. The van der Waals surface area contributed by atoms with Crippen molar-refractivity contribution in [1.82, 2.24) is 10.3 Å². The molecule has 0 spiro atoms. The molecule has 0 aliphatic rings. The Morgan fingerprint density at radius 1 is 1.17 bits per heavy atom. The van der Waals surface area contributed by atoms with Gasteiger partial charge < -0.3 is 15.3 Å². The molecule has 0 bridgehead atoms. The number of oxime groups is 1. The predicted octanol–water partition coefficient (Wildman–Crippen LogP) is 2.75. The standard InChI is InChI=1S/C16H16N4O3/c1-10(12-4-5-13(17)16(8-12)21-2)18-22-9-11-3-6-14-15(7-11)20-23-19-14/h3-8H,9,17H2,1-2H3/b18-10+. The van der Waals surface area contributed by atoms with Gasteiger partial charge in [0.05, 0.1) is 18.5 Å². The molecule has 0 atom stereocenters. The molecule has 2 N–H and O–H groups in total. The monoisotopic (exact) mass is 312 g/mol. The lowest BCUT2D eigenvalue weighted by Crippen LogP contribution is -2.00. The second-order valence-corrected chi connectivity index (χ2v) is 4.99. The zero-order valence-electron chi connectivity index (χ0n) is 12.8. The number of hydrogen-bond donors (Lipinski definition) is 1. The average molecular weight is 312 g/mol. The van der Waals surface area contributed by atoms with Crippen molar-refractivity contribution in [1.29, 1.82) is 0 Å². The molecular weight excluding hydrogens is 296 g/mol. The molecular formula is C16H16N4O3. The first kappa shape index (κ1) is 14.8. The number of anilines is 1. The van der Waals surface area contributed by atoms with E-state index in [9.17, 15) is 0 Å². The van der Waals surface area contributed by atoms with E-state index in [1.807, 2.05) is 37.3 Å². The van der Waals surface area contributed by atoms with Crippen molar-refractivity contribution in [2.45, 2.75) is 13.5 Å². The summed E-state index contributed by atoms with van der Waals surface area (Å²) in [5.41, 5.74) is 10.3. The molecule has 0 aliphatic heterocycles. The maximum atomic E-state index is 5.80. The van der Waals surface area contributed by atoms with Crippen molar-refractivity contribution >= 4 is 22.4 Å². The first-order valence-corrected chi connectivity index (χ1v) is 6.99. The lowest BCUT2D eigenvalue weighted by atomic mass is 10.1. The molecule has 0 fully saturated rings. The van der Waals surface area contributed by atoms with Gasteiger partial charge in [-0.3, -0.25) is 0 Å². The summed E-state index contributed by atoms with van der Waals surface area (Å²) in [4.78, 5) is 5.40. The number of nitrogens with zero attached hydrogens (tertiary/aromatic N) is 3. The SMILES string of the molecule is COc1cc(/C(C)=N/OCc2ccc3nonc3c2)ccc1N. The lowest BCUT2D eigenvalue weighted by molar-refractivity contribution is 0.130. The molecule has 0 amide bonds. The lowest BCUT2D eigenvalue weighted by Gasteiger charge is -2.07. The highest BCUT2D eigenvalue weighted by Gasteiger charge is 2.05. The summed E-state index contributed by atoms with van der Waals surface area (Å²) in [5, 5.41) is 11.7. The first-order chi connectivity index (χ1) is 11.2. The molecule has 118 valence electrons. The van der Waals surface area contributed by atoms with Crippen molar-refractivity contribution in [2.75, 3.05) is 12.8 Å². The van der Waals surface area contributed by atoms with Gasteiger partial charge in [0.1, 0.15) is 23.4 Å². The highest BCUT2D eigenvalue weighted by Crippen LogP contribution is 2.22. The van der Waals surface area contributed by atoms with Crippen LogP contribution < -0.4 is 10.5 Å². The van der Waals surface area contributed by atoms with Crippen molar-refractivity contribution in [3.05, 3.63) is 47.5 Å². The summed E-state index contributed by atoms with van der Waals surface area (Å²) < 4.78 is 9.86. The summed E-state index contributed by atoms with van der Waals surface area (Å²) in [6, 6.07) is 11.0. The first-order valence-electron chi connectivity index (χ1n) is 6.99. The van der Waals surface area contributed by atoms with Gasteiger partial charge in [-0.25, -0.2) is 4.63 Å². The van der Waals surface area contributed by atoms with Crippen LogP contribution in [-0.2, 0) is 11.4 Å². The Balaban J connectivity index is 1.69. The normalized spacial score (nSPS) is 11.7. The van der Waals surface area contributed by atoms with E-state index in [1.165, 1.54) is 0 Å². The molecule has 0 saturated heterocycles. The Morgan fingerprint density at radius 2 is 2.00 bits per heavy atom. The number of benzene rings is 2. The van der Waals surface area contributed by atoms with Crippen molar-refractivity contribution in [3.8, 4) is 5.75 Å². The van der Waals surface area contributed by atoms with Gasteiger partial charge in [-0.2, -0.15) is 0 Å².